The molecule has 1 saturated carbocycles. The Bertz CT molecular complexity index is 2880. The van der Waals surface area contributed by atoms with Gasteiger partial charge in [-0.3, -0.25) is 4.55 Å². The van der Waals surface area contributed by atoms with Gasteiger partial charge in [0.15, 0.2) is 14.4 Å². The molecule has 5 aromatic heterocycles. The molecule has 0 spiro atoms. The van der Waals surface area contributed by atoms with E-state index in [1.54, 1.807) is 30.0 Å². The van der Waals surface area contributed by atoms with Crippen molar-refractivity contribution in [3.05, 3.63) is 47.5 Å². The van der Waals surface area contributed by atoms with Crippen LogP contribution in [0.4, 0.5) is 56.0 Å². The molecular weight excluding hydrogens is 947 g/mol. The van der Waals surface area contributed by atoms with Gasteiger partial charge in [-0.2, -0.15) is 32.1 Å². The highest BCUT2D eigenvalue weighted by Gasteiger charge is 2.24. The lowest BCUT2D eigenvalue weighted by molar-refractivity contribution is 0.485. The molecule has 340 valence electrons. The Labute approximate surface area is 398 Å². The number of nitrogen functional groups attached to an aromatic ring is 2. The van der Waals surface area contributed by atoms with Crippen LogP contribution in [-0.4, -0.2) is 68.1 Å². The SMILES string of the molecule is CCN(CC)c1ccc(N)c(Nc2nc(Nc3cc(N(CC)CC)ccc3N=Nc3snc4sc(S(=O)(=O)O)c(C)c34)nc(SC3CCCCC3)n2)c1.Cc1c(S)sc2nsc(N)c12. The van der Waals surface area contributed by atoms with Gasteiger partial charge in [0.1, 0.15) is 20.3 Å². The number of thiophene rings is 2. The molecule has 2 aromatic carbocycles. The third-order valence-electron chi connectivity index (χ3n) is 10.8. The van der Waals surface area contributed by atoms with Crippen molar-refractivity contribution in [1.29, 1.82) is 0 Å². The number of hydrogen-bond acceptors (Lipinski definition) is 21. The number of nitrogens with zero attached hydrogens (tertiary/aromatic N) is 9. The molecule has 0 bridgehead atoms. The summed E-state index contributed by atoms with van der Waals surface area (Å²) in [4.78, 5) is 20.5. The van der Waals surface area contributed by atoms with Gasteiger partial charge >= 0.3 is 10.1 Å². The van der Waals surface area contributed by atoms with E-state index in [2.05, 4.69) is 79.7 Å². The van der Waals surface area contributed by atoms with Crippen molar-refractivity contribution in [2.45, 2.75) is 92.5 Å². The number of nitrogens with two attached hydrogens (primary N) is 2. The molecule has 1 aliphatic rings. The summed E-state index contributed by atoms with van der Waals surface area (Å²) >= 11 is 10.9. The van der Waals surface area contributed by atoms with E-state index in [9.17, 15) is 13.0 Å². The lowest BCUT2D eigenvalue weighted by Crippen LogP contribution is -2.21. The zero-order valence-electron chi connectivity index (χ0n) is 36.2. The molecule has 1 aliphatic carbocycles. The number of benzene rings is 2. The Morgan fingerprint density at radius 3 is 2.02 bits per heavy atom. The van der Waals surface area contributed by atoms with Gasteiger partial charge in [0.05, 0.1) is 32.0 Å². The highest BCUT2D eigenvalue weighted by Crippen LogP contribution is 2.43. The first-order valence-corrected chi connectivity index (χ1v) is 26.8. The smallest absolute Gasteiger partial charge is 0.304 e. The maximum atomic E-state index is 12.0. The van der Waals surface area contributed by atoms with Crippen LogP contribution in [0.5, 0.6) is 0 Å². The average Bonchev–Trinajstić information content (AvgIpc) is 4.02. The number of aryl methyl sites for hydroxylation is 2. The summed E-state index contributed by atoms with van der Waals surface area (Å²) in [5, 5.41) is 19.8. The number of fused-ring (bicyclic) bond motifs is 2. The van der Waals surface area contributed by atoms with E-state index in [0.29, 0.717) is 65.8 Å². The molecule has 23 heteroatoms. The number of thiol groups is 1. The molecule has 0 atom stereocenters. The summed E-state index contributed by atoms with van der Waals surface area (Å²) in [6, 6.07) is 11.8. The summed E-state index contributed by atoms with van der Waals surface area (Å²) in [5.41, 5.74) is 18.2. The fourth-order valence-electron chi connectivity index (χ4n) is 7.34. The lowest BCUT2D eigenvalue weighted by atomic mass is 10.0. The molecule has 16 nitrogen and oxygen atoms in total. The molecule has 8 rings (SSSR count). The van der Waals surface area contributed by atoms with E-state index in [1.807, 2.05) is 43.3 Å². The highest BCUT2D eigenvalue weighted by molar-refractivity contribution is 7.99. The lowest BCUT2D eigenvalue weighted by Gasteiger charge is -2.23. The van der Waals surface area contributed by atoms with Crippen molar-refractivity contribution < 1.29 is 13.0 Å². The summed E-state index contributed by atoms with van der Waals surface area (Å²) in [6.45, 7) is 15.4. The minimum Gasteiger partial charge on any atom is -0.397 e. The summed E-state index contributed by atoms with van der Waals surface area (Å²) in [5.74, 6) is 0.695. The quantitative estimate of drug-likeness (QED) is 0.0243. The standard InChI is InChI=1S/C35H45N11O3S4.C6H6N2S3/c1-6-45(7-2)22-15-17-25(36)27(19-22)37-33-39-34(41-35(40-33)50-24-13-11-10-12-14-24)38-28-20-23(46(8-3)9-4)16-18-26(28)42-43-30-29-21(5)32(53(47,48)49)51-31(29)44-52-30;1-2-3-4(7)11-8-5(3)10-6(2)9/h15-20,24H,6-14,36H2,1-5H3,(H,47,48,49)(H2,37,38,39,40,41);9H,7H2,1H3. The van der Waals surface area contributed by atoms with Crippen molar-refractivity contribution in [2.24, 2.45) is 10.2 Å². The Hall–Kier alpha value is -4.36. The number of nitrogens with one attached hydrogen (secondary N) is 2. The fourth-order valence-corrected chi connectivity index (χ4v) is 13.5. The number of hydrogen-bond donors (Lipinski definition) is 6. The summed E-state index contributed by atoms with van der Waals surface area (Å²) < 4.78 is 43.1. The van der Waals surface area contributed by atoms with Crippen LogP contribution in [0.1, 0.15) is 70.9 Å². The first-order chi connectivity index (χ1) is 30.7. The van der Waals surface area contributed by atoms with Crippen molar-refractivity contribution in [3.8, 4) is 0 Å². The topological polar surface area (TPSA) is 226 Å². The summed E-state index contributed by atoms with van der Waals surface area (Å²) in [6.07, 6.45) is 5.84. The predicted molar refractivity (Wildman–Crippen MR) is 274 cm³/mol. The van der Waals surface area contributed by atoms with Crippen molar-refractivity contribution >= 4 is 157 Å². The van der Waals surface area contributed by atoms with Crippen LogP contribution in [0.15, 0.2) is 60.2 Å². The second kappa shape index (κ2) is 20.9. The Morgan fingerprint density at radius 1 is 0.797 bits per heavy atom. The van der Waals surface area contributed by atoms with Crippen LogP contribution in [0.3, 0.4) is 0 Å². The molecule has 5 heterocycles. The predicted octanol–water partition coefficient (Wildman–Crippen LogP) is 12.2. The molecule has 64 heavy (non-hydrogen) atoms. The number of aromatic nitrogens is 5. The van der Waals surface area contributed by atoms with E-state index in [4.69, 9.17) is 26.4 Å². The zero-order valence-corrected chi connectivity index (χ0v) is 42.0. The van der Waals surface area contributed by atoms with Crippen LogP contribution in [0.2, 0.25) is 0 Å². The molecule has 1 fully saturated rings. The normalized spacial score (nSPS) is 13.4. The molecule has 0 aliphatic heterocycles. The van der Waals surface area contributed by atoms with Crippen molar-refractivity contribution in [3.63, 3.8) is 0 Å². The van der Waals surface area contributed by atoms with E-state index >= 15 is 0 Å². The molecule has 0 unspecified atom stereocenters. The van der Waals surface area contributed by atoms with Crippen LogP contribution in [-0.2, 0) is 10.1 Å². The van der Waals surface area contributed by atoms with Crippen LogP contribution >= 0.6 is 70.1 Å². The first-order valence-electron chi connectivity index (χ1n) is 20.8. The maximum absolute atomic E-state index is 12.0. The van der Waals surface area contributed by atoms with Gasteiger partial charge < -0.3 is 31.9 Å². The van der Waals surface area contributed by atoms with Gasteiger partial charge in [-0.1, -0.05) is 42.4 Å². The molecule has 7 aromatic rings. The molecule has 0 radical (unpaired) electrons. The van der Waals surface area contributed by atoms with Gasteiger partial charge in [0.2, 0.25) is 11.9 Å². The van der Waals surface area contributed by atoms with Gasteiger partial charge in [-0.25, -0.2) is 0 Å². The van der Waals surface area contributed by atoms with Gasteiger partial charge in [-0.15, -0.1) is 34.2 Å². The first kappa shape index (κ1) is 47.6. The molecular formula is C41H51N13O3S7. The van der Waals surface area contributed by atoms with E-state index in [0.717, 1.165) is 98.3 Å². The fraction of sp³-hybridized carbons (Fsp3) is 0.390. The minimum absolute atomic E-state index is 0.145. The summed E-state index contributed by atoms with van der Waals surface area (Å²) in [7, 11) is -4.40. The largest absolute Gasteiger partial charge is 0.397 e. The average molecular weight is 998 g/mol. The van der Waals surface area contributed by atoms with Gasteiger partial charge in [0.25, 0.3) is 0 Å². The van der Waals surface area contributed by atoms with Crippen LogP contribution in [0, 0.1) is 13.8 Å². The number of thioether (sulfide) groups is 1. The number of rotatable bonds is 15. The van der Waals surface area contributed by atoms with Gasteiger partial charge in [-0.05, 0) is 125 Å². The van der Waals surface area contributed by atoms with E-state index in [1.165, 1.54) is 30.8 Å². The molecule has 0 saturated heterocycles. The van der Waals surface area contributed by atoms with Crippen LogP contribution in [0.25, 0.3) is 20.4 Å². The number of anilines is 8. The Kier molecular flexibility index (Phi) is 15.5. The monoisotopic (exact) mass is 997 g/mol. The van der Waals surface area contributed by atoms with Crippen molar-refractivity contribution in [1.82, 2.24) is 23.7 Å². The van der Waals surface area contributed by atoms with E-state index in [-0.39, 0.29) is 4.21 Å². The maximum Gasteiger partial charge on any atom is 0.304 e. The molecule has 7 N–H and O–H groups in total. The second-order valence-corrected chi connectivity index (χ2v) is 22.0. The number of azo groups is 1. The Morgan fingerprint density at radius 2 is 1.39 bits per heavy atom. The van der Waals surface area contributed by atoms with Crippen LogP contribution < -0.4 is 31.9 Å². The minimum atomic E-state index is -4.40. The third kappa shape index (κ3) is 10.8. The van der Waals surface area contributed by atoms with Gasteiger partial charge in [0, 0.05) is 42.8 Å². The zero-order chi connectivity index (χ0) is 45.7. The second-order valence-electron chi connectivity index (χ2n) is 14.8. The Balaban J connectivity index is 0.000000481. The van der Waals surface area contributed by atoms with E-state index < -0.39 is 10.1 Å². The van der Waals surface area contributed by atoms with Crippen molar-refractivity contribution in [2.75, 3.05) is 58.1 Å². The molecule has 0 amide bonds. The third-order valence-corrected chi connectivity index (χ3v) is 17.8. The highest BCUT2D eigenvalue weighted by atomic mass is 32.3.